The number of benzene rings is 2. The number of carbonyl (C=O) groups is 1. The number of rotatable bonds is 7. The molecule has 2 aromatic carbocycles. The number of hydrogen-bond acceptors (Lipinski definition) is 6. The van der Waals surface area contributed by atoms with Gasteiger partial charge in [-0.25, -0.2) is 4.79 Å². The number of ether oxygens (including phenoxy) is 3. The van der Waals surface area contributed by atoms with E-state index in [1.54, 1.807) is 19.1 Å². The van der Waals surface area contributed by atoms with Gasteiger partial charge >= 0.3 is 5.97 Å². The summed E-state index contributed by atoms with van der Waals surface area (Å²) in [5, 5.41) is 20.2. The molecule has 40 heavy (non-hydrogen) atoms. The normalized spacial score (nSPS) is 30.4. The summed E-state index contributed by atoms with van der Waals surface area (Å²) in [4.78, 5) is 14.3. The average molecular weight is 570 g/mol. The van der Waals surface area contributed by atoms with Gasteiger partial charge in [0.25, 0.3) is 0 Å². The van der Waals surface area contributed by atoms with Crippen molar-refractivity contribution in [2.75, 3.05) is 37.8 Å². The minimum Gasteiger partial charge on any atom is -0.490 e. The molecule has 1 spiro atoms. The van der Waals surface area contributed by atoms with E-state index in [0.717, 1.165) is 74.5 Å². The first-order chi connectivity index (χ1) is 19.3. The molecular formula is C32H40ClNO6. The minimum absolute atomic E-state index is 0.119. The van der Waals surface area contributed by atoms with Crippen LogP contribution in [0.3, 0.4) is 0 Å². The van der Waals surface area contributed by atoms with Crippen molar-refractivity contribution in [1.29, 1.82) is 0 Å². The Morgan fingerprint density at radius 1 is 1.23 bits per heavy atom. The van der Waals surface area contributed by atoms with Crippen molar-refractivity contribution in [2.45, 2.75) is 75.6 Å². The van der Waals surface area contributed by atoms with Gasteiger partial charge < -0.3 is 29.3 Å². The number of aryl methyl sites for hydroxylation is 1. The third-order valence-electron chi connectivity index (χ3n) is 9.53. The number of aliphatic hydroxyl groups excluding tert-OH is 1. The highest BCUT2D eigenvalue weighted by Gasteiger charge is 2.45. The highest BCUT2D eigenvalue weighted by atomic mass is 35.5. The van der Waals surface area contributed by atoms with Crippen molar-refractivity contribution in [3.05, 3.63) is 58.1 Å². The quantitative estimate of drug-likeness (QED) is 0.456. The summed E-state index contributed by atoms with van der Waals surface area (Å²) < 4.78 is 18.7. The average Bonchev–Trinajstić information content (AvgIpc) is 3.07. The van der Waals surface area contributed by atoms with E-state index in [1.165, 1.54) is 11.1 Å². The van der Waals surface area contributed by atoms with Gasteiger partial charge in [-0.15, -0.1) is 0 Å². The van der Waals surface area contributed by atoms with Crippen LogP contribution in [0.4, 0.5) is 5.69 Å². The molecule has 6 rings (SSSR count). The zero-order chi connectivity index (χ0) is 27.9. The number of carboxylic acids is 1. The van der Waals surface area contributed by atoms with Gasteiger partial charge in [-0.1, -0.05) is 17.7 Å². The van der Waals surface area contributed by atoms with Crippen LogP contribution in [0.2, 0.25) is 5.02 Å². The van der Waals surface area contributed by atoms with E-state index in [1.807, 2.05) is 12.1 Å². The highest BCUT2D eigenvalue weighted by Crippen LogP contribution is 2.47. The SMILES string of the molecule is C[C@@H](O)CO[C@@H]1CCO[C@@H]([C@@H]2CC[C@H]2CN2CC3(CCCc4cc(Cl)ccc43)COc3ccc(C(=O)O)cc32)C1. The molecule has 2 aromatic rings. The van der Waals surface area contributed by atoms with E-state index in [-0.39, 0.29) is 23.2 Å². The van der Waals surface area contributed by atoms with Crippen molar-refractivity contribution in [3.63, 3.8) is 0 Å². The molecule has 0 radical (unpaired) electrons. The third kappa shape index (κ3) is 5.58. The van der Waals surface area contributed by atoms with Crippen molar-refractivity contribution in [2.24, 2.45) is 11.8 Å². The second kappa shape index (κ2) is 11.5. The van der Waals surface area contributed by atoms with Crippen molar-refractivity contribution < 1.29 is 29.2 Å². The number of carboxylic acid groups (broad SMARTS) is 1. The summed E-state index contributed by atoms with van der Waals surface area (Å²) in [6.07, 6.45) is 6.85. The second-order valence-corrected chi connectivity index (χ2v) is 12.8. The number of hydrogen-bond donors (Lipinski definition) is 2. The van der Waals surface area contributed by atoms with E-state index in [9.17, 15) is 15.0 Å². The first-order valence-electron chi connectivity index (χ1n) is 14.8. The zero-order valence-corrected chi connectivity index (χ0v) is 23.9. The lowest BCUT2D eigenvalue weighted by atomic mass is 9.67. The number of aromatic carboxylic acids is 1. The van der Waals surface area contributed by atoms with Crippen LogP contribution in [-0.4, -0.2) is 67.4 Å². The molecular weight excluding hydrogens is 530 g/mol. The monoisotopic (exact) mass is 569 g/mol. The Bertz CT molecular complexity index is 1240. The fraction of sp³-hybridized carbons (Fsp3) is 0.594. The molecule has 1 saturated heterocycles. The lowest BCUT2D eigenvalue weighted by Gasteiger charge is -2.47. The maximum absolute atomic E-state index is 11.9. The Morgan fingerprint density at radius 3 is 2.88 bits per heavy atom. The van der Waals surface area contributed by atoms with E-state index >= 15 is 0 Å². The molecule has 2 fully saturated rings. The molecule has 2 aliphatic heterocycles. The number of anilines is 1. The molecule has 0 aromatic heterocycles. The lowest BCUT2D eigenvalue weighted by Crippen LogP contribution is -2.51. The largest absolute Gasteiger partial charge is 0.490 e. The van der Waals surface area contributed by atoms with Crippen LogP contribution in [0.15, 0.2) is 36.4 Å². The molecule has 216 valence electrons. The topological polar surface area (TPSA) is 88.5 Å². The maximum atomic E-state index is 11.9. The molecule has 2 heterocycles. The van der Waals surface area contributed by atoms with Gasteiger partial charge in [-0.05, 0) is 98.7 Å². The van der Waals surface area contributed by atoms with Crippen LogP contribution in [0, 0.1) is 11.8 Å². The molecule has 4 aliphatic rings. The maximum Gasteiger partial charge on any atom is 0.335 e. The predicted molar refractivity (Wildman–Crippen MR) is 154 cm³/mol. The highest BCUT2D eigenvalue weighted by molar-refractivity contribution is 6.30. The van der Waals surface area contributed by atoms with E-state index in [4.69, 9.17) is 25.8 Å². The van der Waals surface area contributed by atoms with E-state index in [0.29, 0.717) is 31.7 Å². The standard InChI is InChI=1S/C32H40ClNO6/c1-20(35)17-39-25-10-12-38-30(15-25)26-7-4-23(26)16-34-18-32(11-2-3-21-13-24(33)6-8-27(21)32)19-40-29-9-5-22(31(36)37)14-28(29)34/h5-6,8-9,13-14,20,23,25-26,30,35H,2-4,7,10-12,15-19H2,1H3,(H,36,37)/t20-,23+,25-,26-,30-,32?/m1/s1. The Kier molecular flexibility index (Phi) is 8.01. The van der Waals surface area contributed by atoms with Crippen molar-refractivity contribution in [3.8, 4) is 5.75 Å². The van der Waals surface area contributed by atoms with Gasteiger partial charge in [0.15, 0.2) is 0 Å². The Hall–Kier alpha value is -2.32. The van der Waals surface area contributed by atoms with Crippen LogP contribution in [-0.2, 0) is 21.3 Å². The third-order valence-corrected chi connectivity index (χ3v) is 9.77. The molecule has 1 saturated carbocycles. The number of halogens is 1. The van der Waals surface area contributed by atoms with Gasteiger partial charge in [0.2, 0.25) is 0 Å². The Balaban J connectivity index is 1.27. The van der Waals surface area contributed by atoms with E-state index in [2.05, 4.69) is 17.0 Å². The number of nitrogens with zero attached hydrogens (tertiary/aromatic N) is 1. The molecule has 7 nitrogen and oxygen atoms in total. The van der Waals surface area contributed by atoms with Crippen LogP contribution >= 0.6 is 11.6 Å². The molecule has 0 bridgehead atoms. The minimum atomic E-state index is -0.931. The Labute approximate surface area is 241 Å². The Morgan fingerprint density at radius 2 is 2.10 bits per heavy atom. The summed E-state index contributed by atoms with van der Waals surface area (Å²) in [7, 11) is 0. The lowest BCUT2D eigenvalue weighted by molar-refractivity contribution is -0.124. The van der Waals surface area contributed by atoms with Gasteiger partial charge in [0.05, 0.1) is 42.8 Å². The molecule has 8 heteroatoms. The van der Waals surface area contributed by atoms with Crippen LogP contribution in [0.1, 0.15) is 66.9 Å². The summed E-state index contributed by atoms with van der Waals surface area (Å²) in [5.41, 5.74) is 3.54. The number of aliphatic hydroxyl groups is 1. The van der Waals surface area contributed by atoms with E-state index < -0.39 is 12.1 Å². The second-order valence-electron chi connectivity index (χ2n) is 12.3. The van der Waals surface area contributed by atoms with Crippen molar-refractivity contribution in [1.82, 2.24) is 0 Å². The van der Waals surface area contributed by atoms with Gasteiger partial charge in [-0.3, -0.25) is 0 Å². The molecule has 2 N–H and O–H groups in total. The summed E-state index contributed by atoms with van der Waals surface area (Å²) >= 11 is 6.38. The van der Waals surface area contributed by atoms with Gasteiger partial charge in [0, 0.05) is 36.6 Å². The first-order valence-corrected chi connectivity index (χ1v) is 15.1. The van der Waals surface area contributed by atoms with Crippen LogP contribution in [0.25, 0.3) is 0 Å². The fourth-order valence-electron chi connectivity index (χ4n) is 7.36. The first kappa shape index (κ1) is 27.8. The predicted octanol–water partition coefficient (Wildman–Crippen LogP) is 5.48. The molecule has 0 amide bonds. The molecule has 1 unspecified atom stereocenters. The van der Waals surface area contributed by atoms with Gasteiger partial charge in [0.1, 0.15) is 5.75 Å². The van der Waals surface area contributed by atoms with Gasteiger partial charge in [-0.2, -0.15) is 0 Å². The van der Waals surface area contributed by atoms with Crippen LogP contribution < -0.4 is 9.64 Å². The summed E-state index contributed by atoms with van der Waals surface area (Å²) in [6, 6.07) is 11.5. The zero-order valence-electron chi connectivity index (χ0n) is 23.2. The summed E-state index contributed by atoms with van der Waals surface area (Å²) in [6.45, 7) is 4.95. The smallest absolute Gasteiger partial charge is 0.335 e. The molecule has 2 aliphatic carbocycles. The number of fused-ring (bicyclic) bond motifs is 3. The molecule has 6 atom stereocenters. The fourth-order valence-corrected chi connectivity index (χ4v) is 7.56. The summed E-state index contributed by atoms with van der Waals surface area (Å²) in [5.74, 6) is 0.686. The van der Waals surface area contributed by atoms with Crippen molar-refractivity contribution >= 4 is 23.3 Å². The van der Waals surface area contributed by atoms with Crippen LogP contribution in [0.5, 0.6) is 5.75 Å².